The summed E-state index contributed by atoms with van der Waals surface area (Å²) in [6.07, 6.45) is 4.89. The fraction of sp³-hybridized carbons (Fsp3) is 0.250. The van der Waals surface area contributed by atoms with Crippen molar-refractivity contribution in [3.05, 3.63) is 83.8 Å². The zero-order valence-electron chi connectivity index (χ0n) is 16.8. The Hall–Kier alpha value is -3.54. The van der Waals surface area contributed by atoms with Crippen LogP contribution >= 0.6 is 0 Å². The van der Waals surface area contributed by atoms with Gasteiger partial charge in [-0.1, -0.05) is 30.3 Å². The van der Waals surface area contributed by atoms with Gasteiger partial charge in [0, 0.05) is 31.0 Å². The molecule has 0 aliphatic carbocycles. The number of hydrogen-bond acceptors (Lipinski definition) is 4. The van der Waals surface area contributed by atoms with E-state index in [4.69, 9.17) is 4.42 Å². The number of rotatable bonds is 6. The number of anilines is 2. The van der Waals surface area contributed by atoms with Gasteiger partial charge in [0.05, 0.1) is 11.8 Å². The second-order valence-electron chi connectivity index (χ2n) is 7.38. The average molecular weight is 403 g/mol. The lowest BCUT2D eigenvalue weighted by atomic mass is 10.1. The maximum absolute atomic E-state index is 13.1. The Bertz CT molecular complexity index is 994. The maximum Gasteiger partial charge on any atom is 0.291 e. The van der Waals surface area contributed by atoms with Crippen LogP contribution < -0.4 is 15.5 Å². The zero-order chi connectivity index (χ0) is 20.8. The lowest BCUT2D eigenvalue weighted by molar-refractivity contribution is 0.0949. The number of carbonyl (C=O) groups excluding carboxylic acids is 2. The smallest absolute Gasteiger partial charge is 0.291 e. The summed E-state index contributed by atoms with van der Waals surface area (Å²) in [5.74, 6) is -0.278. The number of amides is 2. The summed E-state index contributed by atoms with van der Waals surface area (Å²) in [5.41, 5.74) is 3.05. The van der Waals surface area contributed by atoms with Crippen molar-refractivity contribution >= 4 is 23.2 Å². The van der Waals surface area contributed by atoms with Gasteiger partial charge in [0.25, 0.3) is 11.8 Å². The molecule has 0 saturated carbocycles. The molecule has 154 valence electrons. The van der Waals surface area contributed by atoms with Crippen LogP contribution in [0.4, 0.5) is 11.4 Å². The van der Waals surface area contributed by atoms with Gasteiger partial charge in [-0.15, -0.1) is 0 Å². The molecule has 1 aromatic heterocycles. The highest BCUT2D eigenvalue weighted by Crippen LogP contribution is 2.27. The van der Waals surface area contributed by atoms with Crippen LogP contribution in [0.5, 0.6) is 0 Å². The highest BCUT2D eigenvalue weighted by molar-refractivity contribution is 6.05. The number of carbonyl (C=O) groups is 2. The molecule has 1 saturated heterocycles. The molecule has 1 aliphatic rings. The Morgan fingerprint density at radius 3 is 2.43 bits per heavy atom. The third-order valence-electron chi connectivity index (χ3n) is 5.24. The van der Waals surface area contributed by atoms with E-state index in [0.717, 1.165) is 37.2 Å². The molecule has 4 rings (SSSR count). The molecule has 0 bridgehead atoms. The van der Waals surface area contributed by atoms with E-state index in [9.17, 15) is 9.59 Å². The van der Waals surface area contributed by atoms with Gasteiger partial charge >= 0.3 is 0 Å². The van der Waals surface area contributed by atoms with Gasteiger partial charge in [0.1, 0.15) is 0 Å². The molecule has 0 spiro atoms. The van der Waals surface area contributed by atoms with Crippen LogP contribution in [0.25, 0.3) is 0 Å². The normalized spacial score (nSPS) is 13.7. The minimum atomic E-state index is -0.346. The largest absolute Gasteiger partial charge is 0.459 e. The van der Waals surface area contributed by atoms with E-state index in [1.165, 1.54) is 12.7 Å². The van der Waals surface area contributed by atoms with Crippen molar-refractivity contribution in [3.8, 4) is 0 Å². The summed E-state index contributed by atoms with van der Waals surface area (Å²) < 4.78 is 5.15. The van der Waals surface area contributed by atoms with Gasteiger partial charge in [-0.3, -0.25) is 9.59 Å². The first-order chi connectivity index (χ1) is 14.7. The predicted molar refractivity (Wildman–Crippen MR) is 117 cm³/mol. The Morgan fingerprint density at radius 2 is 1.70 bits per heavy atom. The molecule has 2 amide bonds. The van der Waals surface area contributed by atoms with Crippen molar-refractivity contribution in [2.75, 3.05) is 23.3 Å². The third-order valence-corrected chi connectivity index (χ3v) is 5.24. The van der Waals surface area contributed by atoms with E-state index < -0.39 is 0 Å². The molecule has 0 atom stereocenters. The first kappa shape index (κ1) is 19.8. The minimum Gasteiger partial charge on any atom is -0.459 e. The average Bonchev–Trinajstić information content (AvgIpc) is 3.34. The summed E-state index contributed by atoms with van der Waals surface area (Å²) in [6.45, 7) is 2.30. The quantitative estimate of drug-likeness (QED) is 0.638. The zero-order valence-corrected chi connectivity index (χ0v) is 16.8. The van der Waals surface area contributed by atoms with Gasteiger partial charge in [-0.05, 0) is 55.2 Å². The van der Waals surface area contributed by atoms with Gasteiger partial charge in [-0.2, -0.15) is 0 Å². The molecule has 2 heterocycles. The maximum atomic E-state index is 13.1. The van der Waals surface area contributed by atoms with Crippen LogP contribution in [0.1, 0.15) is 45.7 Å². The van der Waals surface area contributed by atoms with Crippen LogP contribution in [0.15, 0.2) is 71.3 Å². The van der Waals surface area contributed by atoms with Crippen molar-refractivity contribution < 1.29 is 14.0 Å². The van der Waals surface area contributed by atoms with E-state index in [0.29, 0.717) is 17.8 Å². The van der Waals surface area contributed by atoms with Crippen molar-refractivity contribution in [2.24, 2.45) is 0 Å². The molecule has 0 unspecified atom stereocenters. The number of nitrogens with one attached hydrogen (secondary N) is 2. The second-order valence-corrected chi connectivity index (χ2v) is 7.38. The SMILES string of the molecule is O=C(Nc1ccc(N2CCCCC2)c(C(=O)NCc2ccccc2)c1)c1ccco1. The number of nitrogens with zero attached hydrogens (tertiary/aromatic N) is 1. The predicted octanol–water partition coefficient (Wildman–Crippen LogP) is 4.45. The fourth-order valence-corrected chi connectivity index (χ4v) is 3.68. The van der Waals surface area contributed by atoms with Gasteiger partial charge in [0.15, 0.2) is 5.76 Å². The van der Waals surface area contributed by atoms with Gasteiger partial charge in [0.2, 0.25) is 0 Å². The van der Waals surface area contributed by atoms with E-state index in [2.05, 4.69) is 15.5 Å². The topological polar surface area (TPSA) is 74.6 Å². The van der Waals surface area contributed by atoms with Crippen molar-refractivity contribution in [1.29, 1.82) is 0 Å². The Balaban J connectivity index is 1.56. The molecule has 2 aromatic carbocycles. The third kappa shape index (κ3) is 4.71. The molecule has 1 fully saturated rings. The van der Waals surface area contributed by atoms with Crippen LogP contribution in [0, 0.1) is 0 Å². The first-order valence-electron chi connectivity index (χ1n) is 10.3. The molecule has 6 nitrogen and oxygen atoms in total. The summed E-state index contributed by atoms with van der Waals surface area (Å²) in [4.78, 5) is 27.7. The second kappa shape index (κ2) is 9.31. The number of piperidine rings is 1. The van der Waals surface area contributed by atoms with E-state index in [1.807, 2.05) is 42.5 Å². The summed E-state index contributed by atoms with van der Waals surface area (Å²) in [6, 6.07) is 18.6. The number of furan rings is 1. The minimum absolute atomic E-state index is 0.159. The first-order valence-corrected chi connectivity index (χ1v) is 10.3. The van der Waals surface area contributed by atoms with E-state index in [-0.39, 0.29) is 17.6 Å². The lowest BCUT2D eigenvalue weighted by Gasteiger charge is -2.30. The lowest BCUT2D eigenvalue weighted by Crippen LogP contribution is -2.32. The van der Waals surface area contributed by atoms with Crippen molar-refractivity contribution in [1.82, 2.24) is 5.32 Å². The van der Waals surface area contributed by atoms with E-state index in [1.54, 1.807) is 18.2 Å². The molecule has 6 heteroatoms. The van der Waals surface area contributed by atoms with Crippen LogP contribution in [0.2, 0.25) is 0 Å². The molecule has 3 aromatic rings. The number of hydrogen-bond donors (Lipinski definition) is 2. The van der Waals surface area contributed by atoms with Crippen LogP contribution in [-0.4, -0.2) is 24.9 Å². The molecule has 30 heavy (non-hydrogen) atoms. The van der Waals surface area contributed by atoms with Gasteiger partial charge in [-0.25, -0.2) is 0 Å². The van der Waals surface area contributed by atoms with Crippen molar-refractivity contribution in [2.45, 2.75) is 25.8 Å². The monoisotopic (exact) mass is 403 g/mol. The van der Waals surface area contributed by atoms with Crippen LogP contribution in [0.3, 0.4) is 0 Å². The summed E-state index contributed by atoms with van der Waals surface area (Å²) >= 11 is 0. The van der Waals surface area contributed by atoms with Crippen molar-refractivity contribution in [3.63, 3.8) is 0 Å². The highest BCUT2D eigenvalue weighted by atomic mass is 16.3. The standard InChI is InChI=1S/C24H25N3O3/c28-23(25-17-18-8-3-1-4-9-18)20-16-19(26-24(29)22-10-7-15-30-22)11-12-21(20)27-13-5-2-6-14-27/h1,3-4,7-12,15-16H,2,5-6,13-14,17H2,(H,25,28)(H,26,29). The fourth-order valence-electron chi connectivity index (χ4n) is 3.68. The molecule has 0 radical (unpaired) electrons. The Morgan fingerprint density at radius 1 is 0.900 bits per heavy atom. The van der Waals surface area contributed by atoms with E-state index >= 15 is 0 Å². The Labute approximate surface area is 175 Å². The summed E-state index contributed by atoms with van der Waals surface area (Å²) in [5, 5.41) is 5.82. The Kier molecular flexibility index (Phi) is 6.13. The molecule has 1 aliphatic heterocycles. The number of benzene rings is 2. The molecule has 2 N–H and O–H groups in total. The summed E-state index contributed by atoms with van der Waals surface area (Å²) in [7, 11) is 0. The van der Waals surface area contributed by atoms with Gasteiger partial charge < -0.3 is 20.0 Å². The molecular weight excluding hydrogens is 378 g/mol. The van der Waals surface area contributed by atoms with Crippen LogP contribution in [-0.2, 0) is 6.54 Å². The molecular formula is C24H25N3O3. The highest BCUT2D eigenvalue weighted by Gasteiger charge is 2.20.